The molecule has 0 fully saturated rings. The highest BCUT2D eigenvalue weighted by Gasteiger charge is 2.31. The zero-order valence-electron chi connectivity index (χ0n) is 9.91. The number of ether oxygens (including phenoxy) is 1. The number of carboxylic acids is 1. The molecule has 0 amide bonds. The van der Waals surface area contributed by atoms with Gasteiger partial charge < -0.3 is 9.84 Å². The lowest BCUT2D eigenvalue weighted by Crippen LogP contribution is -2.22. The molecule has 0 heterocycles. The van der Waals surface area contributed by atoms with Crippen LogP contribution in [0.4, 0.5) is 13.2 Å². The van der Waals surface area contributed by atoms with E-state index in [0.717, 1.165) is 0 Å². The van der Waals surface area contributed by atoms with E-state index in [-0.39, 0.29) is 12.2 Å². The maximum absolute atomic E-state index is 11.9. The van der Waals surface area contributed by atoms with Gasteiger partial charge in [-0.05, 0) is 17.7 Å². The molecular formula is C12H13F3O3. The summed E-state index contributed by atoms with van der Waals surface area (Å²) in [6, 6.07) is 5.22. The van der Waals surface area contributed by atoms with Crippen molar-refractivity contribution in [3.05, 3.63) is 29.8 Å². The molecule has 0 saturated heterocycles. The van der Waals surface area contributed by atoms with E-state index in [9.17, 15) is 18.0 Å². The van der Waals surface area contributed by atoms with Crippen molar-refractivity contribution in [2.75, 3.05) is 0 Å². The molecule has 0 aromatic heterocycles. The standard InChI is InChI=1S/C12H13F3O3/c1-11(2,7-10(16)17)8-3-5-9(6-4-8)18-12(13,14)15/h3-6H,7H2,1-2H3,(H,16,17). The first-order chi connectivity index (χ1) is 8.10. The Bertz CT molecular complexity index is 421. The summed E-state index contributed by atoms with van der Waals surface area (Å²) in [5.74, 6) is -1.28. The van der Waals surface area contributed by atoms with Gasteiger partial charge in [0.2, 0.25) is 0 Å². The van der Waals surface area contributed by atoms with Crippen molar-refractivity contribution in [3.8, 4) is 5.75 Å². The fourth-order valence-corrected chi connectivity index (χ4v) is 1.59. The lowest BCUT2D eigenvalue weighted by Gasteiger charge is -2.23. The number of hydrogen-bond donors (Lipinski definition) is 1. The molecule has 0 spiro atoms. The number of carbonyl (C=O) groups is 1. The minimum Gasteiger partial charge on any atom is -0.481 e. The van der Waals surface area contributed by atoms with E-state index < -0.39 is 17.7 Å². The number of aliphatic carboxylic acids is 1. The predicted octanol–water partition coefficient (Wildman–Crippen LogP) is 3.34. The quantitative estimate of drug-likeness (QED) is 0.905. The van der Waals surface area contributed by atoms with Crippen molar-refractivity contribution in [1.82, 2.24) is 0 Å². The van der Waals surface area contributed by atoms with Crippen LogP contribution in [0.15, 0.2) is 24.3 Å². The minimum absolute atomic E-state index is 0.105. The zero-order valence-corrected chi connectivity index (χ0v) is 9.91. The Morgan fingerprint density at radius 3 is 2.11 bits per heavy atom. The zero-order chi connectivity index (χ0) is 14.0. The van der Waals surface area contributed by atoms with Gasteiger partial charge in [-0.15, -0.1) is 13.2 Å². The molecule has 0 atom stereocenters. The van der Waals surface area contributed by atoms with Crippen LogP contribution in [0.2, 0.25) is 0 Å². The Kier molecular flexibility index (Phi) is 3.88. The van der Waals surface area contributed by atoms with Crippen LogP contribution < -0.4 is 4.74 Å². The predicted molar refractivity (Wildman–Crippen MR) is 58.4 cm³/mol. The fourth-order valence-electron chi connectivity index (χ4n) is 1.59. The molecule has 1 N–H and O–H groups in total. The number of hydrogen-bond acceptors (Lipinski definition) is 2. The Hall–Kier alpha value is -1.72. The molecule has 0 aliphatic carbocycles. The molecule has 0 radical (unpaired) electrons. The molecule has 1 aromatic rings. The molecule has 100 valence electrons. The molecule has 0 aliphatic heterocycles. The van der Waals surface area contributed by atoms with Crippen LogP contribution in [0, 0.1) is 0 Å². The number of carboxylic acid groups (broad SMARTS) is 1. The Morgan fingerprint density at radius 1 is 1.22 bits per heavy atom. The SMILES string of the molecule is CC(C)(CC(=O)O)c1ccc(OC(F)(F)F)cc1. The van der Waals surface area contributed by atoms with Crippen LogP contribution in [0.3, 0.4) is 0 Å². The van der Waals surface area contributed by atoms with E-state index in [1.54, 1.807) is 13.8 Å². The van der Waals surface area contributed by atoms with Crippen molar-refractivity contribution in [3.63, 3.8) is 0 Å². The van der Waals surface area contributed by atoms with Crippen molar-refractivity contribution >= 4 is 5.97 Å². The van der Waals surface area contributed by atoms with Gasteiger partial charge in [0.05, 0.1) is 6.42 Å². The van der Waals surface area contributed by atoms with Gasteiger partial charge in [0.15, 0.2) is 0 Å². The molecule has 1 aromatic carbocycles. The van der Waals surface area contributed by atoms with Crippen LogP contribution in [0.25, 0.3) is 0 Å². The summed E-state index contributed by atoms with van der Waals surface area (Å²) in [5, 5.41) is 8.74. The first-order valence-electron chi connectivity index (χ1n) is 5.18. The van der Waals surface area contributed by atoms with Crippen LogP contribution in [0.1, 0.15) is 25.8 Å². The third kappa shape index (κ3) is 4.27. The monoisotopic (exact) mass is 262 g/mol. The minimum atomic E-state index is -4.72. The lowest BCUT2D eigenvalue weighted by atomic mass is 9.82. The van der Waals surface area contributed by atoms with Crippen LogP contribution in [-0.2, 0) is 10.2 Å². The van der Waals surface area contributed by atoms with Crippen molar-refractivity contribution in [1.29, 1.82) is 0 Å². The van der Waals surface area contributed by atoms with Gasteiger partial charge in [-0.2, -0.15) is 0 Å². The highest BCUT2D eigenvalue weighted by molar-refractivity contribution is 5.68. The van der Waals surface area contributed by atoms with Gasteiger partial charge in [0.1, 0.15) is 5.75 Å². The second-order valence-electron chi connectivity index (χ2n) is 4.53. The Labute approximate surface area is 102 Å². The van der Waals surface area contributed by atoms with Gasteiger partial charge in [0.25, 0.3) is 0 Å². The summed E-state index contributed by atoms with van der Waals surface area (Å²) in [6.07, 6.45) is -4.83. The molecular weight excluding hydrogens is 249 g/mol. The van der Waals surface area contributed by atoms with E-state index in [1.807, 2.05) is 0 Å². The van der Waals surface area contributed by atoms with E-state index >= 15 is 0 Å². The number of rotatable bonds is 4. The smallest absolute Gasteiger partial charge is 0.481 e. The van der Waals surface area contributed by atoms with Crippen molar-refractivity contribution < 1.29 is 27.8 Å². The van der Waals surface area contributed by atoms with E-state index in [2.05, 4.69) is 4.74 Å². The number of benzene rings is 1. The normalized spacial score (nSPS) is 12.3. The summed E-state index contributed by atoms with van der Waals surface area (Å²) in [7, 11) is 0. The fraction of sp³-hybridized carbons (Fsp3) is 0.417. The van der Waals surface area contributed by atoms with E-state index in [4.69, 9.17) is 5.11 Å². The summed E-state index contributed by atoms with van der Waals surface area (Å²) in [4.78, 5) is 10.7. The summed E-state index contributed by atoms with van der Waals surface area (Å²) in [6.45, 7) is 3.42. The molecule has 0 unspecified atom stereocenters. The topological polar surface area (TPSA) is 46.5 Å². The van der Waals surface area contributed by atoms with Crippen molar-refractivity contribution in [2.45, 2.75) is 32.0 Å². The number of halogens is 3. The Morgan fingerprint density at radius 2 is 1.72 bits per heavy atom. The maximum atomic E-state index is 11.9. The summed E-state index contributed by atoms with van der Waals surface area (Å²) < 4.78 is 39.6. The highest BCUT2D eigenvalue weighted by atomic mass is 19.4. The summed E-state index contributed by atoms with van der Waals surface area (Å²) >= 11 is 0. The molecule has 3 nitrogen and oxygen atoms in total. The largest absolute Gasteiger partial charge is 0.573 e. The molecule has 6 heteroatoms. The maximum Gasteiger partial charge on any atom is 0.573 e. The first kappa shape index (κ1) is 14.3. The number of alkyl halides is 3. The van der Waals surface area contributed by atoms with Gasteiger partial charge in [-0.1, -0.05) is 26.0 Å². The average molecular weight is 262 g/mol. The highest BCUT2D eigenvalue weighted by Crippen LogP contribution is 2.30. The third-order valence-electron chi connectivity index (χ3n) is 2.46. The molecule has 1 rings (SSSR count). The van der Waals surface area contributed by atoms with Crippen LogP contribution >= 0.6 is 0 Å². The molecule has 0 bridgehead atoms. The Balaban J connectivity index is 2.85. The lowest BCUT2D eigenvalue weighted by molar-refractivity contribution is -0.274. The average Bonchev–Trinajstić information content (AvgIpc) is 2.13. The van der Waals surface area contributed by atoms with Gasteiger partial charge >= 0.3 is 12.3 Å². The second-order valence-corrected chi connectivity index (χ2v) is 4.53. The van der Waals surface area contributed by atoms with E-state index in [0.29, 0.717) is 5.56 Å². The third-order valence-corrected chi connectivity index (χ3v) is 2.46. The van der Waals surface area contributed by atoms with Crippen LogP contribution in [-0.4, -0.2) is 17.4 Å². The second kappa shape index (κ2) is 4.88. The molecule has 0 aliphatic rings. The van der Waals surface area contributed by atoms with Crippen LogP contribution in [0.5, 0.6) is 5.75 Å². The van der Waals surface area contributed by atoms with Gasteiger partial charge in [0, 0.05) is 5.41 Å². The molecule has 0 saturated carbocycles. The molecule has 18 heavy (non-hydrogen) atoms. The van der Waals surface area contributed by atoms with Crippen molar-refractivity contribution in [2.24, 2.45) is 0 Å². The summed E-state index contributed by atoms with van der Waals surface area (Å²) in [5.41, 5.74) is -0.0118. The van der Waals surface area contributed by atoms with E-state index in [1.165, 1.54) is 24.3 Å². The van der Waals surface area contributed by atoms with Gasteiger partial charge in [-0.3, -0.25) is 4.79 Å². The first-order valence-corrected chi connectivity index (χ1v) is 5.18. The van der Waals surface area contributed by atoms with Gasteiger partial charge in [-0.25, -0.2) is 0 Å².